The van der Waals surface area contributed by atoms with Crippen LogP contribution in [0, 0.1) is 12.7 Å². The molecule has 112 valence electrons. The Kier molecular flexibility index (Phi) is 4.49. The second kappa shape index (κ2) is 6.15. The van der Waals surface area contributed by atoms with Crippen LogP contribution in [0.1, 0.15) is 5.56 Å². The van der Waals surface area contributed by atoms with Crippen LogP contribution < -0.4 is 10.3 Å². The summed E-state index contributed by atoms with van der Waals surface area (Å²) in [5.74, 6) is -0.464. The molecule has 1 heterocycles. The van der Waals surface area contributed by atoms with Gasteiger partial charge in [0.15, 0.2) is 0 Å². The minimum absolute atomic E-state index is 0.00960. The molecule has 0 amide bonds. The predicted molar refractivity (Wildman–Crippen MR) is 74.8 cm³/mol. The fourth-order valence-electron chi connectivity index (χ4n) is 1.71. The number of benzene rings is 1. The highest BCUT2D eigenvalue weighted by molar-refractivity contribution is 7.89. The molecule has 0 bridgehead atoms. The van der Waals surface area contributed by atoms with E-state index in [1.807, 2.05) is 0 Å². The molecule has 6 nitrogen and oxygen atoms in total. The SMILES string of the molecule is Cc1cc(S(=O)(=O)NCCn2ncccc2=O)ccc1F. The number of halogens is 1. The molecule has 0 atom stereocenters. The van der Waals surface area contributed by atoms with E-state index in [4.69, 9.17) is 0 Å². The minimum atomic E-state index is -3.74. The predicted octanol–water partition coefficient (Wildman–Crippen LogP) is 0.669. The van der Waals surface area contributed by atoms with E-state index in [2.05, 4.69) is 9.82 Å². The van der Waals surface area contributed by atoms with Crippen molar-refractivity contribution in [2.24, 2.45) is 0 Å². The average molecular weight is 311 g/mol. The molecule has 2 rings (SSSR count). The van der Waals surface area contributed by atoms with Gasteiger partial charge in [-0.15, -0.1) is 0 Å². The molecule has 0 aliphatic heterocycles. The van der Waals surface area contributed by atoms with Crippen LogP contribution in [0.4, 0.5) is 4.39 Å². The van der Waals surface area contributed by atoms with Crippen molar-refractivity contribution in [1.29, 1.82) is 0 Å². The van der Waals surface area contributed by atoms with Crippen molar-refractivity contribution < 1.29 is 12.8 Å². The largest absolute Gasteiger partial charge is 0.268 e. The molecular formula is C13H14FN3O3S. The van der Waals surface area contributed by atoms with Gasteiger partial charge in [-0.1, -0.05) is 0 Å². The monoisotopic (exact) mass is 311 g/mol. The summed E-state index contributed by atoms with van der Waals surface area (Å²) in [7, 11) is -3.74. The van der Waals surface area contributed by atoms with Gasteiger partial charge in [-0.3, -0.25) is 4.79 Å². The molecule has 0 aliphatic rings. The Balaban J connectivity index is 2.06. The van der Waals surface area contributed by atoms with Crippen LogP contribution in [0.25, 0.3) is 0 Å². The van der Waals surface area contributed by atoms with E-state index in [1.54, 1.807) is 0 Å². The fraction of sp³-hybridized carbons (Fsp3) is 0.231. The zero-order valence-electron chi connectivity index (χ0n) is 11.3. The van der Waals surface area contributed by atoms with Crippen molar-refractivity contribution in [3.63, 3.8) is 0 Å². The summed E-state index contributed by atoms with van der Waals surface area (Å²) in [4.78, 5) is 11.4. The number of aromatic nitrogens is 2. The first-order valence-electron chi connectivity index (χ1n) is 6.18. The molecule has 1 aromatic carbocycles. The Morgan fingerprint density at radius 1 is 1.33 bits per heavy atom. The summed E-state index contributed by atoms with van der Waals surface area (Å²) in [6, 6.07) is 6.39. The van der Waals surface area contributed by atoms with Crippen molar-refractivity contribution >= 4 is 10.0 Å². The summed E-state index contributed by atoms with van der Waals surface area (Å²) in [6.45, 7) is 1.61. The van der Waals surface area contributed by atoms with Gasteiger partial charge in [0.25, 0.3) is 5.56 Å². The van der Waals surface area contributed by atoms with E-state index in [0.717, 1.165) is 10.7 Å². The standard InChI is InChI=1S/C13H14FN3O3S/c1-10-9-11(4-5-12(10)14)21(19,20)16-7-8-17-13(18)3-2-6-15-17/h2-6,9,16H,7-8H2,1H3. The summed E-state index contributed by atoms with van der Waals surface area (Å²) < 4.78 is 40.7. The van der Waals surface area contributed by atoms with Crippen LogP contribution in [-0.4, -0.2) is 24.7 Å². The summed E-state index contributed by atoms with van der Waals surface area (Å²) in [5, 5.41) is 3.82. The van der Waals surface area contributed by atoms with Crippen molar-refractivity contribution in [1.82, 2.24) is 14.5 Å². The molecule has 1 aromatic heterocycles. The third kappa shape index (κ3) is 3.73. The van der Waals surface area contributed by atoms with E-state index >= 15 is 0 Å². The maximum atomic E-state index is 13.1. The molecule has 0 unspecified atom stereocenters. The molecule has 2 aromatic rings. The molecule has 0 spiro atoms. The molecule has 0 fully saturated rings. The van der Waals surface area contributed by atoms with Gasteiger partial charge in [0.1, 0.15) is 5.82 Å². The van der Waals surface area contributed by atoms with Gasteiger partial charge in [0, 0.05) is 18.8 Å². The second-order valence-electron chi connectivity index (χ2n) is 4.39. The van der Waals surface area contributed by atoms with Crippen LogP contribution >= 0.6 is 0 Å². The van der Waals surface area contributed by atoms with Gasteiger partial charge >= 0.3 is 0 Å². The Morgan fingerprint density at radius 3 is 2.76 bits per heavy atom. The lowest BCUT2D eigenvalue weighted by Gasteiger charge is -2.08. The van der Waals surface area contributed by atoms with Gasteiger partial charge in [0.05, 0.1) is 11.4 Å². The molecule has 8 heteroatoms. The normalized spacial score (nSPS) is 11.5. The number of nitrogens with one attached hydrogen (secondary N) is 1. The third-order valence-electron chi connectivity index (χ3n) is 2.84. The number of hydrogen-bond donors (Lipinski definition) is 1. The van der Waals surface area contributed by atoms with Crippen molar-refractivity contribution in [2.45, 2.75) is 18.4 Å². The quantitative estimate of drug-likeness (QED) is 0.880. The van der Waals surface area contributed by atoms with E-state index in [-0.39, 0.29) is 29.1 Å². The van der Waals surface area contributed by atoms with Crippen molar-refractivity contribution in [2.75, 3.05) is 6.54 Å². The lowest BCUT2D eigenvalue weighted by atomic mass is 10.2. The molecule has 0 saturated heterocycles. The molecule has 1 N–H and O–H groups in total. The number of aryl methyl sites for hydroxylation is 1. The first-order chi connectivity index (χ1) is 9.90. The van der Waals surface area contributed by atoms with Gasteiger partial charge in [0.2, 0.25) is 10.0 Å². The number of sulfonamides is 1. The van der Waals surface area contributed by atoms with Crippen LogP contribution in [0.2, 0.25) is 0 Å². The second-order valence-corrected chi connectivity index (χ2v) is 6.16. The Morgan fingerprint density at radius 2 is 2.10 bits per heavy atom. The van der Waals surface area contributed by atoms with E-state index < -0.39 is 15.8 Å². The molecule has 0 saturated carbocycles. The van der Waals surface area contributed by atoms with Crippen molar-refractivity contribution in [3.8, 4) is 0 Å². The molecule has 0 aliphatic carbocycles. The van der Waals surface area contributed by atoms with Crippen LogP contribution in [-0.2, 0) is 16.6 Å². The van der Waals surface area contributed by atoms with Gasteiger partial charge in [-0.25, -0.2) is 22.2 Å². The van der Waals surface area contributed by atoms with Gasteiger partial charge in [-0.05, 0) is 36.8 Å². The first kappa shape index (κ1) is 15.3. The lowest BCUT2D eigenvalue weighted by molar-refractivity contribution is 0.547. The average Bonchev–Trinajstić information content (AvgIpc) is 2.44. The summed E-state index contributed by atoms with van der Waals surface area (Å²) >= 11 is 0. The number of nitrogens with zero attached hydrogens (tertiary/aromatic N) is 2. The van der Waals surface area contributed by atoms with E-state index in [1.165, 1.54) is 37.4 Å². The maximum absolute atomic E-state index is 13.1. The summed E-state index contributed by atoms with van der Waals surface area (Å²) in [6.07, 6.45) is 1.44. The van der Waals surface area contributed by atoms with E-state index in [0.29, 0.717) is 0 Å². The molecule has 21 heavy (non-hydrogen) atoms. The highest BCUT2D eigenvalue weighted by Gasteiger charge is 2.14. The summed E-state index contributed by atoms with van der Waals surface area (Å²) in [5.41, 5.74) is -0.0619. The number of rotatable bonds is 5. The third-order valence-corrected chi connectivity index (χ3v) is 4.30. The highest BCUT2D eigenvalue weighted by atomic mass is 32.2. The first-order valence-corrected chi connectivity index (χ1v) is 7.66. The van der Waals surface area contributed by atoms with E-state index in [9.17, 15) is 17.6 Å². The topological polar surface area (TPSA) is 81.1 Å². The fourth-order valence-corrected chi connectivity index (χ4v) is 2.81. The van der Waals surface area contributed by atoms with Crippen LogP contribution in [0.5, 0.6) is 0 Å². The zero-order valence-corrected chi connectivity index (χ0v) is 12.1. The van der Waals surface area contributed by atoms with Crippen LogP contribution in [0.3, 0.4) is 0 Å². The Labute approximate surface area is 121 Å². The molecular weight excluding hydrogens is 297 g/mol. The number of hydrogen-bond acceptors (Lipinski definition) is 4. The Hall–Kier alpha value is -2.06. The van der Waals surface area contributed by atoms with Gasteiger partial charge < -0.3 is 0 Å². The van der Waals surface area contributed by atoms with Crippen LogP contribution in [0.15, 0.2) is 46.2 Å². The lowest BCUT2D eigenvalue weighted by Crippen LogP contribution is -2.31. The Bertz CT molecular complexity index is 802. The van der Waals surface area contributed by atoms with Gasteiger partial charge in [-0.2, -0.15) is 5.10 Å². The smallest absolute Gasteiger partial charge is 0.266 e. The minimum Gasteiger partial charge on any atom is -0.268 e. The maximum Gasteiger partial charge on any atom is 0.266 e. The highest BCUT2D eigenvalue weighted by Crippen LogP contribution is 2.13. The van der Waals surface area contributed by atoms with Crippen molar-refractivity contribution in [3.05, 3.63) is 58.3 Å². The molecule has 0 radical (unpaired) electrons. The zero-order chi connectivity index (χ0) is 15.5.